The number of nitrogens with one attached hydrogen (secondary N) is 1. The topological polar surface area (TPSA) is 137 Å². The maximum absolute atomic E-state index is 11.7. The van der Waals surface area contributed by atoms with Crippen molar-refractivity contribution in [2.45, 2.75) is 6.54 Å². The minimum Gasteiger partial charge on any atom is -0.334 e. The van der Waals surface area contributed by atoms with Crippen molar-refractivity contribution in [3.8, 4) is 11.5 Å². The Bertz CT molecular complexity index is 1040. The van der Waals surface area contributed by atoms with Crippen LogP contribution in [-0.2, 0) is 6.54 Å². The van der Waals surface area contributed by atoms with Gasteiger partial charge in [-0.2, -0.15) is 4.98 Å². The zero-order chi connectivity index (χ0) is 17.3. The molecule has 0 aliphatic carbocycles. The zero-order valence-corrected chi connectivity index (χ0v) is 12.6. The van der Waals surface area contributed by atoms with E-state index in [0.717, 1.165) is 10.8 Å². The zero-order valence-electron chi connectivity index (χ0n) is 11.8. The van der Waals surface area contributed by atoms with Crippen LogP contribution in [0.15, 0.2) is 44.6 Å². The third-order valence-corrected chi connectivity index (χ3v) is 3.40. The predicted octanol–water partition coefficient (Wildman–Crippen LogP) is 1.20. The van der Waals surface area contributed by atoms with Gasteiger partial charge in [0, 0.05) is 0 Å². The molecule has 0 aliphatic heterocycles. The number of aromatic nitrogens is 4. The lowest BCUT2D eigenvalue weighted by Crippen LogP contribution is -2.31. The molecule has 1 aromatic carbocycles. The molecule has 0 saturated heterocycles. The highest BCUT2D eigenvalue weighted by molar-refractivity contribution is 6.33. The van der Waals surface area contributed by atoms with Gasteiger partial charge in [-0.3, -0.25) is 24.5 Å². The number of aromatic amines is 1. The fourth-order valence-corrected chi connectivity index (χ4v) is 2.18. The first-order valence-electron chi connectivity index (χ1n) is 6.51. The molecule has 0 bridgehead atoms. The Morgan fingerprint density at radius 3 is 2.79 bits per heavy atom. The normalized spacial score (nSPS) is 10.7. The van der Waals surface area contributed by atoms with Gasteiger partial charge in [-0.15, -0.1) is 0 Å². The Labute approximate surface area is 137 Å². The number of halogens is 1. The monoisotopic (exact) mass is 349 g/mol. The highest BCUT2D eigenvalue weighted by atomic mass is 35.5. The van der Waals surface area contributed by atoms with Gasteiger partial charge in [0.15, 0.2) is 5.82 Å². The van der Waals surface area contributed by atoms with Crippen molar-refractivity contribution >= 4 is 17.3 Å². The summed E-state index contributed by atoms with van der Waals surface area (Å²) in [5.74, 6) is 0.232. The van der Waals surface area contributed by atoms with Crippen molar-refractivity contribution in [3.05, 3.63) is 72.3 Å². The lowest BCUT2D eigenvalue weighted by molar-refractivity contribution is -0.386. The van der Waals surface area contributed by atoms with Crippen LogP contribution >= 0.6 is 11.6 Å². The van der Waals surface area contributed by atoms with Gasteiger partial charge < -0.3 is 4.52 Å². The Balaban J connectivity index is 1.95. The van der Waals surface area contributed by atoms with E-state index in [1.807, 2.05) is 4.98 Å². The summed E-state index contributed by atoms with van der Waals surface area (Å²) in [6.45, 7) is -0.218. The summed E-state index contributed by atoms with van der Waals surface area (Å²) in [6.07, 6.45) is 0.826. The van der Waals surface area contributed by atoms with Gasteiger partial charge in [-0.25, -0.2) is 4.79 Å². The first-order valence-corrected chi connectivity index (χ1v) is 6.89. The SMILES string of the molecule is O=c1[nH]c(=O)n(Cc2noc(-c3ccccc3Cl)n2)cc1[N+](=O)[O-]. The lowest BCUT2D eigenvalue weighted by atomic mass is 10.2. The maximum atomic E-state index is 11.7. The quantitative estimate of drug-likeness (QED) is 0.551. The number of rotatable bonds is 4. The molecule has 0 aliphatic rings. The summed E-state index contributed by atoms with van der Waals surface area (Å²) in [4.78, 5) is 38.9. The Hall–Kier alpha value is -3.27. The number of hydrogen-bond donors (Lipinski definition) is 1. The molecule has 3 aromatic rings. The van der Waals surface area contributed by atoms with Crippen molar-refractivity contribution in [1.29, 1.82) is 0 Å². The molecule has 0 atom stereocenters. The van der Waals surface area contributed by atoms with Crippen molar-refractivity contribution in [1.82, 2.24) is 19.7 Å². The van der Waals surface area contributed by atoms with Crippen molar-refractivity contribution in [2.24, 2.45) is 0 Å². The molecular weight excluding hydrogens is 342 g/mol. The van der Waals surface area contributed by atoms with E-state index in [2.05, 4.69) is 10.1 Å². The average Bonchev–Trinajstić information content (AvgIpc) is 2.98. The largest absolute Gasteiger partial charge is 0.350 e. The number of benzene rings is 1. The molecule has 0 spiro atoms. The standard InChI is InChI=1S/C13H8ClN5O5/c14-8-4-2-1-3-7(8)12-15-10(17-24-12)6-18-5-9(19(22)23)11(20)16-13(18)21/h1-5H,6H2,(H,16,20,21). The summed E-state index contributed by atoms with van der Waals surface area (Å²) in [5, 5.41) is 14.9. The van der Waals surface area contributed by atoms with E-state index in [9.17, 15) is 19.7 Å². The van der Waals surface area contributed by atoms with E-state index in [0.29, 0.717) is 10.6 Å². The van der Waals surface area contributed by atoms with E-state index in [1.165, 1.54) is 0 Å². The van der Waals surface area contributed by atoms with Crippen LogP contribution in [0.1, 0.15) is 5.82 Å². The van der Waals surface area contributed by atoms with Crippen LogP contribution in [0.25, 0.3) is 11.5 Å². The molecule has 11 heteroatoms. The summed E-state index contributed by atoms with van der Waals surface area (Å²) >= 11 is 6.03. The molecule has 10 nitrogen and oxygen atoms in total. The lowest BCUT2D eigenvalue weighted by Gasteiger charge is -2.00. The van der Waals surface area contributed by atoms with E-state index >= 15 is 0 Å². The van der Waals surface area contributed by atoms with E-state index < -0.39 is 21.9 Å². The Morgan fingerprint density at radius 2 is 2.08 bits per heavy atom. The number of hydrogen-bond acceptors (Lipinski definition) is 7. The summed E-state index contributed by atoms with van der Waals surface area (Å²) < 4.78 is 5.98. The molecule has 24 heavy (non-hydrogen) atoms. The second kappa shape index (κ2) is 6.08. The summed E-state index contributed by atoms with van der Waals surface area (Å²) in [5.41, 5.74) is -2.15. The van der Waals surface area contributed by atoms with Gasteiger partial charge in [0.25, 0.3) is 5.89 Å². The van der Waals surface area contributed by atoms with Gasteiger partial charge in [-0.1, -0.05) is 28.9 Å². The molecule has 3 rings (SSSR count). The summed E-state index contributed by atoms with van der Waals surface area (Å²) in [6, 6.07) is 6.80. The molecule has 1 N–H and O–H groups in total. The van der Waals surface area contributed by atoms with Crippen LogP contribution < -0.4 is 11.2 Å². The number of H-pyrrole nitrogens is 1. The second-order valence-corrected chi connectivity index (χ2v) is 5.06. The molecule has 0 saturated carbocycles. The van der Waals surface area contributed by atoms with Crippen LogP contribution in [0.4, 0.5) is 5.69 Å². The highest BCUT2D eigenvalue weighted by Gasteiger charge is 2.17. The Kier molecular flexibility index (Phi) is 3.96. The van der Waals surface area contributed by atoms with Gasteiger partial charge in [0.1, 0.15) is 0 Å². The van der Waals surface area contributed by atoms with Crippen LogP contribution in [0.3, 0.4) is 0 Å². The molecule has 0 fully saturated rings. The predicted molar refractivity (Wildman–Crippen MR) is 81.8 cm³/mol. The minimum absolute atomic E-state index is 0.0911. The second-order valence-electron chi connectivity index (χ2n) is 4.65. The van der Waals surface area contributed by atoms with Crippen LogP contribution in [0.5, 0.6) is 0 Å². The van der Waals surface area contributed by atoms with E-state index in [-0.39, 0.29) is 18.3 Å². The van der Waals surface area contributed by atoms with Crippen molar-refractivity contribution in [3.63, 3.8) is 0 Å². The fourth-order valence-electron chi connectivity index (χ4n) is 1.96. The molecular formula is C13H8ClN5O5. The molecule has 0 amide bonds. The van der Waals surface area contributed by atoms with Crippen LogP contribution in [0, 0.1) is 10.1 Å². The third kappa shape index (κ3) is 2.94. The van der Waals surface area contributed by atoms with Gasteiger partial charge in [0.05, 0.1) is 28.3 Å². The van der Waals surface area contributed by atoms with E-state index in [1.54, 1.807) is 24.3 Å². The third-order valence-electron chi connectivity index (χ3n) is 3.07. The van der Waals surface area contributed by atoms with Crippen molar-refractivity contribution < 1.29 is 9.45 Å². The maximum Gasteiger partial charge on any atom is 0.350 e. The smallest absolute Gasteiger partial charge is 0.334 e. The minimum atomic E-state index is -1.08. The molecule has 0 unspecified atom stereocenters. The van der Waals surface area contributed by atoms with Gasteiger partial charge in [0.2, 0.25) is 0 Å². The van der Waals surface area contributed by atoms with Gasteiger partial charge in [-0.05, 0) is 12.1 Å². The molecule has 2 heterocycles. The number of nitrogens with zero attached hydrogens (tertiary/aromatic N) is 4. The van der Waals surface area contributed by atoms with E-state index in [4.69, 9.17) is 16.1 Å². The van der Waals surface area contributed by atoms with Crippen molar-refractivity contribution in [2.75, 3.05) is 0 Å². The molecule has 122 valence electrons. The van der Waals surface area contributed by atoms with Crippen LogP contribution in [-0.4, -0.2) is 24.6 Å². The summed E-state index contributed by atoms with van der Waals surface area (Å²) in [7, 11) is 0. The first-order chi connectivity index (χ1) is 11.5. The number of nitro groups is 1. The Morgan fingerprint density at radius 1 is 1.33 bits per heavy atom. The first kappa shape index (κ1) is 15.6. The molecule has 0 radical (unpaired) electrons. The molecule has 2 aromatic heterocycles. The average molecular weight is 350 g/mol. The highest BCUT2D eigenvalue weighted by Crippen LogP contribution is 2.25. The fraction of sp³-hybridized carbons (Fsp3) is 0.0769. The van der Waals surface area contributed by atoms with Crippen LogP contribution in [0.2, 0.25) is 5.02 Å². The van der Waals surface area contributed by atoms with Gasteiger partial charge >= 0.3 is 16.9 Å².